The topological polar surface area (TPSA) is 66.5 Å². The van der Waals surface area contributed by atoms with E-state index in [0.717, 1.165) is 32.6 Å². The summed E-state index contributed by atoms with van der Waals surface area (Å²) in [6, 6.07) is 17.5. The molecule has 4 rings (SSSR count). The number of anilines is 1. The van der Waals surface area contributed by atoms with Crippen LogP contribution in [0.15, 0.2) is 71.6 Å². The van der Waals surface area contributed by atoms with Crippen molar-refractivity contribution in [3.8, 4) is 0 Å². The Bertz CT molecular complexity index is 1300. The highest BCUT2D eigenvalue weighted by atomic mass is 32.2. The van der Waals surface area contributed by atoms with E-state index < -0.39 is 32.7 Å². The minimum Gasteiger partial charge on any atom is -0.324 e. The molecule has 0 spiro atoms. The van der Waals surface area contributed by atoms with Gasteiger partial charge in [-0.3, -0.25) is 4.79 Å². The van der Waals surface area contributed by atoms with Crippen molar-refractivity contribution in [1.29, 1.82) is 0 Å². The van der Waals surface area contributed by atoms with E-state index in [4.69, 9.17) is 0 Å². The number of aryl methyl sites for hydroxylation is 1. The lowest BCUT2D eigenvalue weighted by atomic mass is 9.94. The Morgan fingerprint density at radius 3 is 2.36 bits per heavy atom. The third kappa shape index (κ3) is 4.43. The van der Waals surface area contributed by atoms with Crippen molar-refractivity contribution < 1.29 is 17.6 Å². The molecule has 5 nitrogen and oxygen atoms in total. The molecule has 0 saturated heterocycles. The van der Waals surface area contributed by atoms with Crippen LogP contribution < -0.4 is 5.32 Å². The molecule has 3 aromatic rings. The zero-order valence-corrected chi connectivity index (χ0v) is 19.7. The van der Waals surface area contributed by atoms with Gasteiger partial charge in [0, 0.05) is 12.2 Å². The van der Waals surface area contributed by atoms with Gasteiger partial charge in [-0.15, -0.1) is 0 Å². The van der Waals surface area contributed by atoms with Crippen LogP contribution in [0, 0.1) is 12.7 Å². The number of para-hydroxylation sites is 1. The zero-order valence-electron chi connectivity index (χ0n) is 18.9. The number of carbonyl (C=O) groups is 1. The quantitative estimate of drug-likeness (QED) is 0.575. The predicted octanol–water partition coefficient (Wildman–Crippen LogP) is 5.01. The Kier molecular flexibility index (Phi) is 6.36. The molecule has 3 aromatic carbocycles. The van der Waals surface area contributed by atoms with Gasteiger partial charge in [0.05, 0.1) is 0 Å². The number of fused-ring (bicyclic) bond motifs is 1. The zero-order chi connectivity index (χ0) is 23.8. The van der Waals surface area contributed by atoms with E-state index in [0.29, 0.717) is 5.69 Å². The van der Waals surface area contributed by atoms with Gasteiger partial charge in [0.2, 0.25) is 15.9 Å². The number of nitrogens with zero attached hydrogens (tertiary/aromatic N) is 1. The second-order valence-corrected chi connectivity index (χ2v) is 10.5. The van der Waals surface area contributed by atoms with Crippen LogP contribution in [0.3, 0.4) is 0 Å². The number of rotatable bonds is 5. The summed E-state index contributed by atoms with van der Waals surface area (Å²) in [5, 5.41) is 2.99. The number of amides is 1. The van der Waals surface area contributed by atoms with Gasteiger partial charge in [-0.1, -0.05) is 68.4 Å². The standard InChI is InChI=1S/C26H27FN2O3S/c1-17(2)21-12-8-9-18(3)25(21)28-26(30)23-15-19-10-4-5-11-20(19)16-29(23)33(31,32)24-14-7-6-13-22(24)27/h4-14,17,23H,15-16H2,1-3H3,(H,28,30)/t23-/m1/s1. The molecular weight excluding hydrogens is 439 g/mol. The molecule has 0 aliphatic carbocycles. The molecule has 0 aromatic heterocycles. The summed E-state index contributed by atoms with van der Waals surface area (Å²) in [5.41, 5.74) is 4.28. The molecule has 0 saturated carbocycles. The fourth-order valence-electron chi connectivity index (χ4n) is 4.30. The Balaban J connectivity index is 1.77. The summed E-state index contributed by atoms with van der Waals surface area (Å²) in [7, 11) is -4.26. The molecular formula is C26H27FN2O3S. The fourth-order valence-corrected chi connectivity index (χ4v) is 5.94. The Morgan fingerprint density at radius 2 is 1.67 bits per heavy atom. The maximum absolute atomic E-state index is 14.5. The summed E-state index contributed by atoms with van der Waals surface area (Å²) in [6.07, 6.45) is 0.207. The number of sulfonamides is 1. The second kappa shape index (κ2) is 9.08. The van der Waals surface area contributed by atoms with Gasteiger partial charge in [-0.25, -0.2) is 12.8 Å². The van der Waals surface area contributed by atoms with Crippen LogP contribution in [0.1, 0.15) is 42.0 Å². The highest BCUT2D eigenvalue weighted by Gasteiger charge is 2.40. The van der Waals surface area contributed by atoms with Crippen LogP contribution in [0.4, 0.5) is 10.1 Å². The number of halogens is 1. The Hall–Kier alpha value is -3.03. The lowest BCUT2D eigenvalue weighted by Crippen LogP contribution is -2.50. The molecule has 172 valence electrons. The van der Waals surface area contributed by atoms with E-state index in [1.54, 1.807) is 0 Å². The van der Waals surface area contributed by atoms with E-state index in [1.165, 1.54) is 18.2 Å². The van der Waals surface area contributed by atoms with Crippen LogP contribution in [-0.4, -0.2) is 24.7 Å². The number of hydrogen-bond acceptors (Lipinski definition) is 3. The second-order valence-electron chi connectivity index (χ2n) is 8.65. The first-order valence-electron chi connectivity index (χ1n) is 10.9. The fraction of sp³-hybridized carbons (Fsp3) is 0.269. The Labute approximate surface area is 194 Å². The molecule has 1 heterocycles. The van der Waals surface area contributed by atoms with Crippen LogP contribution in [0.25, 0.3) is 0 Å². The first-order chi connectivity index (χ1) is 15.7. The van der Waals surface area contributed by atoms with Crippen molar-refractivity contribution in [3.05, 3.63) is 94.8 Å². The number of nitrogens with one attached hydrogen (secondary N) is 1. The molecule has 1 N–H and O–H groups in total. The van der Waals surface area contributed by atoms with Crippen LogP contribution in [-0.2, 0) is 27.8 Å². The first kappa shape index (κ1) is 23.1. The summed E-state index contributed by atoms with van der Waals surface area (Å²) in [5.74, 6) is -1.09. The molecule has 1 atom stereocenters. The molecule has 0 fully saturated rings. The van der Waals surface area contributed by atoms with Gasteiger partial charge < -0.3 is 5.32 Å². The van der Waals surface area contributed by atoms with Gasteiger partial charge in [-0.2, -0.15) is 4.31 Å². The Morgan fingerprint density at radius 1 is 1.00 bits per heavy atom. The van der Waals surface area contributed by atoms with E-state index in [9.17, 15) is 17.6 Å². The van der Waals surface area contributed by atoms with Gasteiger partial charge in [-0.05, 0) is 53.6 Å². The number of hydrogen-bond donors (Lipinski definition) is 1. The van der Waals surface area contributed by atoms with E-state index in [-0.39, 0.29) is 18.9 Å². The SMILES string of the molecule is Cc1cccc(C(C)C)c1NC(=O)[C@H]1Cc2ccccc2CN1S(=O)(=O)c1ccccc1F. The highest BCUT2D eigenvalue weighted by Crippen LogP contribution is 2.32. The van der Waals surface area contributed by atoms with Crippen LogP contribution >= 0.6 is 0 Å². The normalized spacial score (nSPS) is 16.5. The molecule has 1 amide bonds. The number of benzene rings is 3. The minimum absolute atomic E-state index is 0.00423. The molecule has 7 heteroatoms. The van der Waals surface area contributed by atoms with Crippen LogP contribution in [0.5, 0.6) is 0 Å². The average molecular weight is 467 g/mol. The van der Waals surface area contributed by atoms with E-state index in [2.05, 4.69) is 5.32 Å². The molecule has 0 bridgehead atoms. The molecule has 1 aliphatic rings. The highest BCUT2D eigenvalue weighted by molar-refractivity contribution is 7.89. The molecule has 1 aliphatic heterocycles. The largest absolute Gasteiger partial charge is 0.324 e. The van der Waals surface area contributed by atoms with Gasteiger partial charge >= 0.3 is 0 Å². The monoisotopic (exact) mass is 466 g/mol. The average Bonchev–Trinajstić information content (AvgIpc) is 2.79. The minimum atomic E-state index is -4.26. The molecule has 0 radical (unpaired) electrons. The molecule has 0 unspecified atom stereocenters. The predicted molar refractivity (Wildman–Crippen MR) is 127 cm³/mol. The van der Waals surface area contributed by atoms with Crippen molar-refractivity contribution >= 4 is 21.6 Å². The van der Waals surface area contributed by atoms with Crippen LogP contribution in [0.2, 0.25) is 0 Å². The third-order valence-corrected chi connectivity index (χ3v) is 7.99. The maximum Gasteiger partial charge on any atom is 0.247 e. The van der Waals surface area contributed by atoms with Gasteiger partial charge in [0.25, 0.3) is 0 Å². The van der Waals surface area contributed by atoms with Gasteiger partial charge in [0.15, 0.2) is 0 Å². The smallest absolute Gasteiger partial charge is 0.247 e. The van der Waals surface area contributed by atoms with E-state index >= 15 is 0 Å². The lowest BCUT2D eigenvalue weighted by Gasteiger charge is -2.35. The number of carbonyl (C=O) groups excluding carboxylic acids is 1. The van der Waals surface area contributed by atoms with Crippen molar-refractivity contribution in [2.75, 3.05) is 5.32 Å². The summed E-state index contributed by atoms with van der Waals surface area (Å²) in [4.78, 5) is 13.1. The summed E-state index contributed by atoms with van der Waals surface area (Å²) >= 11 is 0. The van der Waals surface area contributed by atoms with Crippen molar-refractivity contribution in [2.24, 2.45) is 0 Å². The first-order valence-corrected chi connectivity index (χ1v) is 12.4. The molecule has 33 heavy (non-hydrogen) atoms. The summed E-state index contributed by atoms with van der Waals surface area (Å²) in [6.45, 7) is 5.98. The maximum atomic E-state index is 14.5. The summed E-state index contributed by atoms with van der Waals surface area (Å²) < 4.78 is 42.7. The van der Waals surface area contributed by atoms with Gasteiger partial charge in [0.1, 0.15) is 16.8 Å². The van der Waals surface area contributed by atoms with E-state index in [1.807, 2.05) is 63.2 Å². The van der Waals surface area contributed by atoms with Crippen molar-refractivity contribution in [3.63, 3.8) is 0 Å². The third-order valence-electron chi connectivity index (χ3n) is 6.11. The van der Waals surface area contributed by atoms with Crippen molar-refractivity contribution in [1.82, 2.24) is 4.31 Å². The van der Waals surface area contributed by atoms with Crippen molar-refractivity contribution in [2.45, 2.75) is 50.6 Å². The lowest BCUT2D eigenvalue weighted by molar-refractivity contribution is -0.120.